The number of likely N-dealkylation sites (tertiary alicyclic amines) is 1. The SMILES string of the molecule is Fc1cccc(CN2CCC[C@H](c3nc4ccc(N5CCOCC5)cn4n3)C2)c1. The summed E-state index contributed by atoms with van der Waals surface area (Å²) in [5, 5.41) is 4.81. The van der Waals surface area contributed by atoms with Gasteiger partial charge in [0, 0.05) is 32.1 Å². The lowest BCUT2D eigenvalue weighted by molar-refractivity contribution is 0.122. The fourth-order valence-corrected chi connectivity index (χ4v) is 4.37. The monoisotopic (exact) mass is 395 g/mol. The van der Waals surface area contributed by atoms with Crippen LogP contribution in [0.3, 0.4) is 0 Å². The van der Waals surface area contributed by atoms with Gasteiger partial charge in [0.25, 0.3) is 0 Å². The second-order valence-electron chi connectivity index (χ2n) is 7.96. The molecule has 152 valence electrons. The van der Waals surface area contributed by atoms with E-state index in [9.17, 15) is 4.39 Å². The van der Waals surface area contributed by atoms with Crippen LogP contribution in [0.4, 0.5) is 10.1 Å². The molecule has 7 heteroatoms. The Kier molecular flexibility index (Phi) is 5.16. The van der Waals surface area contributed by atoms with Crippen LogP contribution < -0.4 is 4.90 Å². The molecule has 2 saturated heterocycles. The van der Waals surface area contributed by atoms with Crippen LogP contribution in [0.15, 0.2) is 42.6 Å². The zero-order valence-corrected chi connectivity index (χ0v) is 16.5. The number of anilines is 1. The number of ether oxygens (including phenoxy) is 1. The molecule has 0 N–H and O–H groups in total. The van der Waals surface area contributed by atoms with Crippen LogP contribution in [-0.4, -0.2) is 58.9 Å². The number of nitrogens with zero attached hydrogens (tertiary/aromatic N) is 5. The first kappa shape index (κ1) is 18.5. The Bertz CT molecular complexity index is 984. The van der Waals surface area contributed by atoms with Crippen molar-refractivity contribution in [3.63, 3.8) is 0 Å². The predicted molar refractivity (Wildman–Crippen MR) is 110 cm³/mol. The highest BCUT2D eigenvalue weighted by Gasteiger charge is 2.25. The molecule has 0 unspecified atom stereocenters. The molecule has 0 spiro atoms. The number of fused-ring (bicyclic) bond motifs is 1. The predicted octanol–water partition coefficient (Wildman–Crippen LogP) is 3.08. The fraction of sp³-hybridized carbons (Fsp3) is 0.455. The maximum Gasteiger partial charge on any atom is 0.156 e. The maximum atomic E-state index is 13.5. The quantitative estimate of drug-likeness (QED) is 0.679. The smallest absolute Gasteiger partial charge is 0.156 e. The van der Waals surface area contributed by atoms with Crippen molar-refractivity contribution in [3.8, 4) is 0 Å². The zero-order valence-electron chi connectivity index (χ0n) is 16.5. The third-order valence-electron chi connectivity index (χ3n) is 5.87. The number of rotatable bonds is 4. The van der Waals surface area contributed by atoms with Crippen LogP contribution in [0.1, 0.15) is 30.1 Å². The van der Waals surface area contributed by atoms with E-state index in [0.717, 1.165) is 81.5 Å². The maximum absolute atomic E-state index is 13.5. The van der Waals surface area contributed by atoms with Crippen LogP contribution >= 0.6 is 0 Å². The molecule has 2 aliphatic heterocycles. The van der Waals surface area contributed by atoms with E-state index >= 15 is 0 Å². The summed E-state index contributed by atoms with van der Waals surface area (Å²) in [6.45, 7) is 6.05. The highest BCUT2D eigenvalue weighted by molar-refractivity contribution is 5.51. The van der Waals surface area contributed by atoms with Gasteiger partial charge in [0.2, 0.25) is 0 Å². The van der Waals surface area contributed by atoms with Crippen molar-refractivity contribution in [2.45, 2.75) is 25.3 Å². The molecule has 5 rings (SSSR count). The molecule has 1 atom stereocenters. The lowest BCUT2D eigenvalue weighted by Crippen LogP contribution is -2.36. The number of benzene rings is 1. The lowest BCUT2D eigenvalue weighted by atomic mass is 9.97. The van der Waals surface area contributed by atoms with Gasteiger partial charge in [0.05, 0.1) is 25.1 Å². The van der Waals surface area contributed by atoms with Crippen molar-refractivity contribution >= 4 is 11.3 Å². The first-order valence-corrected chi connectivity index (χ1v) is 10.4. The van der Waals surface area contributed by atoms with Crippen molar-refractivity contribution in [1.29, 1.82) is 0 Å². The third-order valence-corrected chi connectivity index (χ3v) is 5.87. The minimum atomic E-state index is -0.172. The van der Waals surface area contributed by atoms with Gasteiger partial charge in [-0.05, 0) is 49.2 Å². The summed E-state index contributed by atoms with van der Waals surface area (Å²) in [6.07, 6.45) is 4.27. The molecule has 2 aromatic heterocycles. The molecule has 0 saturated carbocycles. The van der Waals surface area contributed by atoms with Gasteiger partial charge < -0.3 is 9.64 Å². The fourth-order valence-electron chi connectivity index (χ4n) is 4.37. The second-order valence-corrected chi connectivity index (χ2v) is 7.96. The summed E-state index contributed by atoms with van der Waals surface area (Å²) >= 11 is 0. The van der Waals surface area contributed by atoms with E-state index in [1.807, 2.05) is 10.6 Å². The number of morpholine rings is 1. The van der Waals surface area contributed by atoms with E-state index in [4.69, 9.17) is 14.8 Å². The summed E-state index contributed by atoms with van der Waals surface area (Å²) < 4.78 is 20.9. The molecule has 4 heterocycles. The molecule has 0 aliphatic carbocycles. The van der Waals surface area contributed by atoms with Gasteiger partial charge in [-0.3, -0.25) is 4.90 Å². The number of halogens is 1. The first-order valence-electron chi connectivity index (χ1n) is 10.4. The van der Waals surface area contributed by atoms with Gasteiger partial charge in [0.1, 0.15) is 5.82 Å². The van der Waals surface area contributed by atoms with Crippen molar-refractivity contribution < 1.29 is 9.13 Å². The Hall–Kier alpha value is -2.51. The summed E-state index contributed by atoms with van der Waals surface area (Å²) in [6, 6.07) is 11.1. The number of piperidine rings is 1. The molecule has 6 nitrogen and oxygen atoms in total. The van der Waals surface area contributed by atoms with Crippen molar-refractivity contribution in [2.24, 2.45) is 0 Å². The summed E-state index contributed by atoms with van der Waals surface area (Å²) in [7, 11) is 0. The Balaban J connectivity index is 1.31. The average Bonchev–Trinajstić information content (AvgIpc) is 3.18. The van der Waals surface area contributed by atoms with Crippen LogP contribution in [0.25, 0.3) is 5.65 Å². The number of aromatic nitrogens is 3. The molecular weight excluding hydrogens is 369 g/mol. The minimum Gasteiger partial charge on any atom is -0.378 e. The Labute approximate surface area is 169 Å². The van der Waals surface area contributed by atoms with Gasteiger partial charge in [0.15, 0.2) is 11.5 Å². The standard InChI is InChI=1S/C22H26FN5O/c23-19-5-1-3-17(13-19)14-26-8-2-4-18(15-26)22-24-21-7-6-20(16-28(21)25-22)27-9-11-29-12-10-27/h1,3,5-7,13,16,18H,2,4,8-12,14-15H2/t18-/m0/s1. The molecule has 2 aliphatic rings. The Morgan fingerprint density at radius 1 is 1.10 bits per heavy atom. The van der Waals surface area contributed by atoms with Crippen LogP contribution in [0, 0.1) is 5.82 Å². The molecule has 0 amide bonds. The second kappa shape index (κ2) is 8.08. The molecule has 0 bridgehead atoms. The molecule has 3 aromatic rings. The van der Waals surface area contributed by atoms with Crippen LogP contribution in [0.5, 0.6) is 0 Å². The van der Waals surface area contributed by atoms with Gasteiger partial charge in [-0.1, -0.05) is 12.1 Å². The third kappa shape index (κ3) is 4.11. The number of hydrogen-bond donors (Lipinski definition) is 0. The average molecular weight is 395 g/mol. The van der Waals surface area contributed by atoms with E-state index in [0.29, 0.717) is 5.92 Å². The van der Waals surface area contributed by atoms with Crippen LogP contribution in [-0.2, 0) is 11.3 Å². The lowest BCUT2D eigenvalue weighted by Gasteiger charge is -2.31. The number of pyridine rings is 1. The Morgan fingerprint density at radius 2 is 2.00 bits per heavy atom. The largest absolute Gasteiger partial charge is 0.378 e. The van der Waals surface area contributed by atoms with E-state index in [2.05, 4.69) is 28.1 Å². The van der Waals surface area contributed by atoms with E-state index in [1.54, 1.807) is 12.1 Å². The highest BCUT2D eigenvalue weighted by atomic mass is 19.1. The van der Waals surface area contributed by atoms with Crippen molar-refractivity contribution in [3.05, 3.63) is 59.8 Å². The normalized spacial score (nSPS) is 21.0. The molecule has 2 fully saturated rings. The topological polar surface area (TPSA) is 45.9 Å². The van der Waals surface area contributed by atoms with E-state index in [1.165, 1.54) is 6.07 Å². The summed E-state index contributed by atoms with van der Waals surface area (Å²) in [4.78, 5) is 9.51. The van der Waals surface area contributed by atoms with Crippen molar-refractivity contribution in [1.82, 2.24) is 19.5 Å². The van der Waals surface area contributed by atoms with E-state index in [-0.39, 0.29) is 5.82 Å². The van der Waals surface area contributed by atoms with E-state index < -0.39 is 0 Å². The van der Waals surface area contributed by atoms with Crippen LogP contribution in [0.2, 0.25) is 0 Å². The minimum absolute atomic E-state index is 0.172. The van der Waals surface area contributed by atoms with Gasteiger partial charge in [-0.2, -0.15) is 5.10 Å². The zero-order chi connectivity index (χ0) is 19.6. The van der Waals surface area contributed by atoms with Gasteiger partial charge >= 0.3 is 0 Å². The molecule has 29 heavy (non-hydrogen) atoms. The first-order chi connectivity index (χ1) is 14.2. The summed E-state index contributed by atoms with van der Waals surface area (Å²) in [5.41, 5.74) is 3.07. The van der Waals surface area contributed by atoms with Gasteiger partial charge in [-0.25, -0.2) is 13.9 Å². The van der Waals surface area contributed by atoms with Crippen molar-refractivity contribution in [2.75, 3.05) is 44.3 Å². The Morgan fingerprint density at radius 3 is 2.86 bits per heavy atom. The molecule has 1 aromatic carbocycles. The summed E-state index contributed by atoms with van der Waals surface area (Å²) in [5.74, 6) is 1.05. The molecular formula is C22H26FN5O. The molecule has 0 radical (unpaired) electrons. The highest BCUT2D eigenvalue weighted by Crippen LogP contribution is 2.27. The number of hydrogen-bond acceptors (Lipinski definition) is 5. The van der Waals surface area contributed by atoms with Gasteiger partial charge in [-0.15, -0.1) is 0 Å².